The summed E-state index contributed by atoms with van der Waals surface area (Å²) < 4.78 is 10.6. The minimum absolute atomic E-state index is 0.0785. The fraction of sp³-hybridized carbons (Fsp3) is 0.552. The number of hydrogen-bond donors (Lipinski definition) is 2. The Morgan fingerprint density at radius 3 is 2.26 bits per heavy atom. The van der Waals surface area contributed by atoms with Gasteiger partial charge in [0.25, 0.3) is 0 Å². The second-order valence-corrected chi connectivity index (χ2v) is 10.8. The SMILES string of the molecule is COCCOCc1ccc(-c2ccc(C(C)(C)NC(=O)NC3(C)CCN4CCC3CC4)cc2)cc1. The molecule has 6 heteroatoms. The second-order valence-electron chi connectivity index (χ2n) is 10.8. The minimum atomic E-state index is -0.477. The van der Waals surface area contributed by atoms with E-state index in [1.165, 1.54) is 12.8 Å². The molecule has 2 aromatic rings. The summed E-state index contributed by atoms with van der Waals surface area (Å²) in [5.74, 6) is 0.553. The van der Waals surface area contributed by atoms with E-state index in [9.17, 15) is 4.79 Å². The van der Waals surface area contributed by atoms with E-state index in [4.69, 9.17) is 9.47 Å². The number of hydrogen-bond acceptors (Lipinski definition) is 4. The summed E-state index contributed by atoms with van der Waals surface area (Å²) in [7, 11) is 1.68. The maximum atomic E-state index is 13.1. The van der Waals surface area contributed by atoms with Crippen molar-refractivity contribution >= 4 is 6.03 Å². The molecule has 2 aromatic carbocycles. The molecule has 0 saturated carbocycles. The molecular formula is C29H41N3O3. The Bertz CT molecular complexity index is 966. The van der Waals surface area contributed by atoms with Crippen LogP contribution in [0, 0.1) is 5.92 Å². The highest BCUT2D eigenvalue weighted by Gasteiger charge is 2.41. The number of fused-ring (bicyclic) bond motifs is 4. The number of ether oxygens (including phenoxy) is 2. The summed E-state index contributed by atoms with van der Waals surface area (Å²) in [6.07, 6.45) is 3.35. The van der Waals surface area contributed by atoms with Gasteiger partial charge in [0, 0.05) is 19.2 Å². The fourth-order valence-corrected chi connectivity index (χ4v) is 5.40. The zero-order valence-electron chi connectivity index (χ0n) is 21.7. The third-order valence-electron chi connectivity index (χ3n) is 7.86. The van der Waals surface area contributed by atoms with Gasteiger partial charge < -0.3 is 25.0 Å². The van der Waals surface area contributed by atoms with Crippen molar-refractivity contribution < 1.29 is 14.3 Å². The van der Waals surface area contributed by atoms with Gasteiger partial charge in [0.05, 0.1) is 25.4 Å². The Hall–Kier alpha value is -2.41. The molecule has 3 fully saturated rings. The average Bonchev–Trinajstić information content (AvgIpc) is 3.10. The van der Waals surface area contributed by atoms with E-state index in [2.05, 4.69) is 84.8 Å². The van der Waals surface area contributed by atoms with E-state index in [1.807, 2.05) is 0 Å². The summed E-state index contributed by atoms with van der Waals surface area (Å²) in [5, 5.41) is 6.59. The zero-order valence-corrected chi connectivity index (χ0v) is 21.7. The molecule has 0 radical (unpaired) electrons. The van der Waals surface area contributed by atoms with Gasteiger partial charge in [-0.25, -0.2) is 4.79 Å². The first-order valence-corrected chi connectivity index (χ1v) is 12.9. The van der Waals surface area contributed by atoms with Crippen LogP contribution in [-0.2, 0) is 21.6 Å². The van der Waals surface area contributed by atoms with Gasteiger partial charge in [0.2, 0.25) is 0 Å². The van der Waals surface area contributed by atoms with E-state index in [1.54, 1.807) is 7.11 Å². The molecule has 35 heavy (non-hydrogen) atoms. The van der Waals surface area contributed by atoms with Crippen LogP contribution in [0.1, 0.15) is 51.2 Å². The molecule has 3 aliphatic rings. The third-order valence-corrected chi connectivity index (χ3v) is 7.86. The summed E-state index contributed by atoms with van der Waals surface area (Å²) in [4.78, 5) is 15.6. The molecule has 5 rings (SSSR count). The van der Waals surface area contributed by atoms with Crippen molar-refractivity contribution in [3.8, 4) is 11.1 Å². The molecule has 2 bridgehead atoms. The summed E-state index contributed by atoms with van der Waals surface area (Å²) in [6.45, 7) is 11.5. The van der Waals surface area contributed by atoms with E-state index >= 15 is 0 Å². The maximum Gasteiger partial charge on any atom is 0.315 e. The minimum Gasteiger partial charge on any atom is -0.382 e. The number of carbonyl (C=O) groups is 1. The number of carbonyl (C=O) groups excluding carboxylic acids is 1. The van der Waals surface area contributed by atoms with Gasteiger partial charge in [-0.1, -0.05) is 48.5 Å². The molecular weight excluding hydrogens is 438 g/mol. The second kappa shape index (κ2) is 11.1. The first-order valence-electron chi connectivity index (χ1n) is 12.9. The lowest BCUT2D eigenvalue weighted by Crippen LogP contribution is -2.57. The standard InChI is InChI=1S/C29H41N3O3/c1-28(2,30-27(33)31-29(3)15-18-32-16-13-26(29)14-17-32)25-11-9-24(10-12-25)23-7-5-22(6-8-23)21-35-20-19-34-4/h5-12,26H,13-21H2,1-4H3,(H2,30,31,33). The van der Waals surface area contributed by atoms with Crippen molar-refractivity contribution in [1.82, 2.24) is 15.5 Å². The van der Waals surface area contributed by atoms with E-state index < -0.39 is 5.54 Å². The van der Waals surface area contributed by atoms with Crippen LogP contribution in [0.3, 0.4) is 0 Å². The van der Waals surface area contributed by atoms with Crippen LogP contribution in [0.25, 0.3) is 11.1 Å². The van der Waals surface area contributed by atoms with Crippen LogP contribution in [0.5, 0.6) is 0 Å². The monoisotopic (exact) mass is 479 g/mol. The highest BCUT2D eigenvalue weighted by atomic mass is 16.5. The number of rotatable bonds is 9. The van der Waals surface area contributed by atoms with Crippen molar-refractivity contribution in [2.45, 2.75) is 57.7 Å². The van der Waals surface area contributed by atoms with Crippen molar-refractivity contribution in [3.05, 3.63) is 59.7 Å². The third kappa shape index (κ3) is 6.43. The molecule has 2 N–H and O–H groups in total. The first-order chi connectivity index (χ1) is 16.8. The lowest BCUT2D eigenvalue weighted by molar-refractivity contribution is 0.0617. The lowest BCUT2D eigenvalue weighted by Gasteiger charge is -2.39. The average molecular weight is 480 g/mol. The predicted molar refractivity (Wildman–Crippen MR) is 140 cm³/mol. The molecule has 3 heterocycles. The summed E-state index contributed by atoms with van der Waals surface area (Å²) >= 11 is 0. The van der Waals surface area contributed by atoms with Gasteiger partial charge in [-0.2, -0.15) is 0 Å². The first kappa shape index (κ1) is 25.7. The van der Waals surface area contributed by atoms with Gasteiger partial charge in [-0.3, -0.25) is 0 Å². The Kier molecular flexibility index (Phi) is 8.15. The zero-order chi connectivity index (χ0) is 24.9. The largest absolute Gasteiger partial charge is 0.382 e. The Balaban J connectivity index is 1.35. The van der Waals surface area contributed by atoms with E-state index in [0.717, 1.165) is 48.3 Å². The molecule has 190 valence electrons. The summed E-state index contributed by atoms with van der Waals surface area (Å²) in [6, 6.07) is 16.8. The Morgan fingerprint density at radius 1 is 1.00 bits per heavy atom. The van der Waals surface area contributed by atoms with Crippen LogP contribution >= 0.6 is 0 Å². The number of amides is 2. The van der Waals surface area contributed by atoms with E-state index in [0.29, 0.717) is 25.7 Å². The number of nitrogens with one attached hydrogen (secondary N) is 2. The normalized spacial score (nSPS) is 24.1. The van der Waals surface area contributed by atoms with Crippen LogP contribution in [0.15, 0.2) is 48.5 Å². The van der Waals surface area contributed by atoms with E-state index in [-0.39, 0.29) is 11.6 Å². The number of benzene rings is 2. The smallest absolute Gasteiger partial charge is 0.315 e. The molecule has 3 aliphatic heterocycles. The topological polar surface area (TPSA) is 62.8 Å². The highest BCUT2D eigenvalue weighted by molar-refractivity contribution is 5.76. The number of urea groups is 1. The molecule has 0 spiro atoms. The Labute approximate surface area is 210 Å². The van der Waals surface area contributed by atoms with Crippen molar-refractivity contribution in [3.63, 3.8) is 0 Å². The van der Waals surface area contributed by atoms with Gasteiger partial charge in [0.1, 0.15) is 0 Å². The van der Waals surface area contributed by atoms with Crippen LogP contribution in [0.2, 0.25) is 0 Å². The Morgan fingerprint density at radius 2 is 1.63 bits per heavy atom. The number of methoxy groups -OCH3 is 1. The lowest BCUT2D eigenvalue weighted by atomic mass is 9.79. The van der Waals surface area contributed by atoms with Crippen LogP contribution in [-0.4, -0.2) is 56.4 Å². The molecule has 1 atom stereocenters. The molecule has 3 saturated heterocycles. The maximum absolute atomic E-state index is 13.1. The fourth-order valence-electron chi connectivity index (χ4n) is 5.40. The number of nitrogens with zero attached hydrogens (tertiary/aromatic N) is 1. The van der Waals surface area contributed by atoms with Gasteiger partial charge in [-0.15, -0.1) is 0 Å². The van der Waals surface area contributed by atoms with Gasteiger partial charge >= 0.3 is 6.03 Å². The molecule has 2 amide bonds. The van der Waals surface area contributed by atoms with Crippen molar-refractivity contribution in [1.29, 1.82) is 0 Å². The predicted octanol–water partition coefficient (Wildman–Crippen LogP) is 4.93. The molecule has 1 unspecified atom stereocenters. The van der Waals surface area contributed by atoms with Crippen molar-refractivity contribution in [2.75, 3.05) is 40.0 Å². The number of piperidine rings is 1. The van der Waals surface area contributed by atoms with Crippen molar-refractivity contribution in [2.24, 2.45) is 5.92 Å². The molecule has 0 aliphatic carbocycles. The van der Waals surface area contributed by atoms with Crippen LogP contribution in [0.4, 0.5) is 4.79 Å². The van der Waals surface area contributed by atoms with Gasteiger partial charge in [0.15, 0.2) is 0 Å². The molecule has 6 nitrogen and oxygen atoms in total. The van der Waals surface area contributed by atoms with Crippen LogP contribution < -0.4 is 10.6 Å². The quantitative estimate of drug-likeness (QED) is 0.501. The van der Waals surface area contributed by atoms with Gasteiger partial charge in [-0.05, 0) is 81.3 Å². The summed E-state index contributed by atoms with van der Waals surface area (Å²) in [5.41, 5.74) is 3.92. The highest BCUT2D eigenvalue weighted by Crippen LogP contribution is 2.35. The molecule has 0 aromatic heterocycles.